The van der Waals surface area contributed by atoms with Crippen LogP contribution in [0, 0.1) is 12.7 Å². The highest BCUT2D eigenvalue weighted by atomic mass is 19.1. The van der Waals surface area contributed by atoms with Crippen molar-refractivity contribution in [2.45, 2.75) is 32.7 Å². The lowest BCUT2D eigenvalue weighted by molar-refractivity contribution is 0.523. The number of benzene rings is 2. The highest BCUT2D eigenvalue weighted by Crippen LogP contribution is 2.18. The van der Waals surface area contributed by atoms with Crippen LogP contribution in [0.15, 0.2) is 65.6 Å². The number of nitrogens with one attached hydrogen (secondary N) is 1. The third-order valence-corrected chi connectivity index (χ3v) is 5.23. The van der Waals surface area contributed by atoms with E-state index >= 15 is 0 Å². The fourth-order valence-corrected chi connectivity index (χ4v) is 3.56. The van der Waals surface area contributed by atoms with Gasteiger partial charge in [0, 0.05) is 18.0 Å². The highest BCUT2D eigenvalue weighted by molar-refractivity contribution is 5.80. The van der Waals surface area contributed by atoms with E-state index in [0.29, 0.717) is 17.0 Å². The number of anilines is 1. The van der Waals surface area contributed by atoms with Gasteiger partial charge in [-0.1, -0.05) is 30.3 Å². The topological polar surface area (TPSA) is 72.7 Å². The van der Waals surface area contributed by atoms with Crippen LogP contribution >= 0.6 is 0 Å². The Balaban J connectivity index is 1.47. The standard InChI is InChI=1S/C24H24FN5O/c1-16(30-24(31)21-8-4-3-7-19(21)15-27-30)22-14-23(29-17(2)28-22)26-13-5-6-18-9-11-20(25)12-10-18/h3-4,7-12,14-16H,5-6,13H2,1-2H3,(H,26,28,29). The zero-order chi connectivity index (χ0) is 21.8. The minimum Gasteiger partial charge on any atom is -0.370 e. The number of fused-ring (bicyclic) bond motifs is 1. The summed E-state index contributed by atoms with van der Waals surface area (Å²) in [6.07, 6.45) is 3.43. The third-order valence-electron chi connectivity index (χ3n) is 5.23. The minimum absolute atomic E-state index is 0.143. The van der Waals surface area contributed by atoms with E-state index in [4.69, 9.17) is 0 Å². The molecule has 1 atom stereocenters. The summed E-state index contributed by atoms with van der Waals surface area (Å²) in [6, 6.07) is 15.5. The van der Waals surface area contributed by atoms with E-state index < -0.39 is 0 Å². The molecule has 0 saturated heterocycles. The van der Waals surface area contributed by atoms with Gasteiger partial charge < -0.3 is 5.32 Å². The van der Waals surface area contributed by atoms with E-state index in [2.05, 4.69) is 20.4 Å². The Morgan fingerprint density at radius 2 is 1.87 bits per heavy atom. The quantitative estimate of drug-likeness (QED) is 0.454. The van der Waals surface area contributed by atoms with Crippen molar-refractivity contribution in [1.82, 2.24) is 19.7 Å². The van der Waals surface area contributed by atoms with Gasteiger partial charge in [0.25, 0.3) is 5.56 Å². The molecule has 7 heteroatoms. The minimum atomic E-state index is -0.335. The molecule has 2 aromatic carbocycles. The fourth-order valence-electron chi connectivity index (χ4n) is 3.56. The van der Waals surface area contributed by atoms with E-state index in [9.17, 15) is 9.18 Å². The average Bonchev–Trinajstić information content (AvgIpc) is 2.77. The summed E-state index contributed by atoms with van der Waals surface area (Å²) in [5.41, 5.74) is 1.67. The van der Waals surface area contributed by atoms with Crippen molar-refractivity contribution in [3.63, 3.8) is 0 Å². The molecule has 0 spiro atoms. The predicted octanol–water partition coefficient (Wildman–Crippen LogP) is 4.29. The zero-order valence-corrected chi connectivity index (χ0v) is 17.5. The van der Waals surface area contributed by atoms with Gasteiger partial charge >= 0.3 is 0 Å². The number of nitrogens with zero attached hydrogens (tertiary/aromatic N) is 4. The van der Waals surface area contributed by atoms with Crippen LogP contribution in [-0.2, 0) is 6.42 Å². The second-order valence-corrected chi connectivity index (χ2v) is 7.54. The first-order valence-electron chi connectivity index (χ1n) is 10.3. The molecule has 0 aliphatic heterocycles. The van der Waals surface area contributed by atoms with E-state index in [1.165, 1.54) is 16.8 Å². The molecule has 0 aliphatic rings. The Morgan fingerprint density at radius 1 is 1.10 bits per heavy atom. The summed E-state index contributed by atoms with van der Waals surface area (Å²) in [5.74, 6) is 1.11. The molecule has 0 radical (unpaired) electrons. The predicted molar refractivity (Wildman–Crippen MR) is 120 cm³/mol. The van der Waals surface area contributed by atoms with Crippen molar-refractivity contribution in [1.29, 1.82) is 0 Å². The molecule has 0 saturated carbocycles. The van der Waals surface area contributed by atoms with E-state index in [-0.39, 0.29) is 17.4 Å². The van der Waals surface area contributed by atoms with Crippen LogP contribution in [0.1, 0.15) is 36.5 Å². The second-order valence-electron chi connectivity index (χ2n) is 7.54. The van der Waals surface area contributed by atoms with Gasteiger partial charge in [0.2, 0.25) is 0 Å². The fraction of sp³-hybridized carbons (Fsp3) is 0.250. The van der Waals surface area contributed by atoms with Gasteiger partial charge in [0.15, 0.2) is 0 Å². The first kappa shape index (κ1) is 20.7. The molecule has 4 rings (SSSR count). The summed E-state index contributed by atoms with van der Waals surface area (Å²) in [6.45, 7) is 4.45. The first-order valence-corrected chi connectivity index (χ1v) is 10.3. The number of hydrogen-bond acceptors (Lipinski definition) is 5. The van der Waals surface area contributed by atoms with Crippen LogP contribution in [-0.4, -0.2) is 26.3 Å². The van der Waals surface area contributed by atoms with Crippen LogP contribution in [0.5, 0.6) is 0 Å². The summed E-state index contributed by atoms with van der Waals surface area (Å²) in [4.78, 5) is 21.9. The zero-order valence-electron chi connectivity index (χ0n) is 17.5. The molecule has 0 amide bonds. The Kier molecular flexibility index (Phi) is 6.02. The van der Waals surface area contributed by atoms with Gasteiger partial charge in [-0.15, -0.1) is 0 Å². The molecule has 31 heavy (non-hydrogen) atoms. The largest absolute Gasteiger partial charge is 0.370 e. The Bertz CT molecular complexity index is 1250. The lowest BCUT2D eigenvalue weighted by Crippen LogP contribution is -2.27. The molecule has 2 aromatic heterocycles. The highest BCUT2D eigenvalue weighted by Gasteiger charge is 2.15. The van der Waals surface area contributed by atoms with E-state index in [0.717, 1.165) is 36.0 Å². The first-order chi connectivity index (χ1) is 15.0. The third kappa shape index (κ3) is 4.77. The molecule has 0 bridgehead atoms. The molecule has 4 aromatic rings. The smallest absolute Gasteiger partial charge is 0.275 e. The van der Waals surface area contributed by atoms with Crippen molar-refractivity contribution >= 4 is 16.6 Å². The van der Waals surface area contributed by atoms with Crippen LogP contribution in [0.3, 0.4) is 0 Å². The normalized spacial score (nSPS) is 12.1. The van der Waals surface area contributed by atoms with Gasteiger partial charge in [0.05, 0.1) is 23.3 Å². The van der Waals surface area contributed by atoms with Crippen molar-refractivity contribution in [2.24, 2.45) is 0 Å². The van der Waals surface area contributed by atoms with Crippen LogP contribution in [0.25, 0.3) is 10.8 Å². The van der Waals surface area contributed by atoms with E-state index in [1.807, 2.05) is 44.2 Å². The van der Waals surface area contributed by atoms with Gasteiger partial charge in [-0.3, -0.25) is 4.79 Å². The molecule has 2 heterocycles. The van der Waals surface area contributed by atoms with Gasteiger partial charge in [-0.25, -0.2) is 19.0 Å². The lowest BCUT2D eigenvalue weighted by atomic mass is 10.1. The van der Waals surface area contributed by atoms with Crippen LogP contribution < -0.4 is 10.9 Å². The number of aromatic nitrogens is 4. The van der Waals surface area contributed by atoms with Crippen LogP contribution in [0.2, 0.25) is 0 Å². The Labute approximate surface area is 179 Å². The second kappa shape index (κ2) is 9.04. The molecule has 0 aliphatic carbocycles. The van der Waals surface area contributed by atoms with Gasteiger partial charge in [-0.05, 0) is 50.5 Å². The monoisotopic (exact) mass is 417 g/mol. The van der Waals surface area contributed by atoms with Crippen molar-refractivity contribution in [3.8, 4) is 0 Å². The molecular formula is C24H24FN5O. The SMILES string of the molecule is Cc1nc(NCCCc2ccc(F)cc2)cc(C(C)n2ncc3ccccc3c2=O)n1. The summed E-state index contributed by atoms with van der Waals surface area (Å²) in [5, 5.41) is 9.13. The maximum atomic E-state index is 13.0. The molecule has 6 nitrogen and oxygen atoms in total. The van der Waals surface area contributed by atoms with Crippen LogP contribution in [0.4, 0.5) is 10.2 Å². The molecule has 158 valence electrons. The lowest BCUT2D eigenvalue weighted by Gasteiger charge is -2.16. The molecular weight excluding hydrogens is 393 g/mol. The molecule has 1 N–H and O–H groups in total. The number of hydrogen-bond donors (Lipinski definition) is 1. The maximum Gasteiger partial charge on any atom is 0.275 e. The van der Waals surface area contributed by atoms with Crippen molar-refractivity contribution in [3.05, 3.63) is 94.0 Å². The average molecular weight is 417 g/mol. The molecule has 1 unspecified atom stereocenters. The van der Waals surface area contributed by atoms with Crippen molar-refractivity contribution in [2.75, 3.05) is 11.9 Å². The summed E-state index contributed by atoms with van der Waals surface area (Å²) < 4.78 is 14.5. The number of aryl methyl sites for hydroxylation is 2. The summed E-state index contributed by atoms with van der Waals surface area (Å²) >= 11 is 0. The Hall–Kier alpha value is -3.61. The maximum absolute atomic E-state index is 13.0. The van der Waals surface area contributed by atoms with Crippen molar-refractivity contribution < 1.29 is 4.39 Å². The Morgan fingerprint density at radius 3 is 2.68 bits per heavy atom. The van der Waals surface area contributed by atoms with Gasteiger partial charge in [0.1, 0.15) is 17.5 Å². The number of rotatable bonds is 7. The number of halogens is 1. The van der Waals surface area contributed by atoms with E-state index in [1.54, 1.807) is 18.3 Å². The van der Waals surface area contributed by atoms with Gasteiger partial charge in [-0.2, -0.15) is 5.10 Å². The summed E-state index contributed by atoms with van der Waals surface area (Å²) in [7, 11) is 0. The molecule has 0 fully saturated rings.